The molecule has 0 fully saturated rings. The Morgan fingerprint density at radius 2 is 2.40 bits per heavy atom. The number of hydrogen-bond acceptors (Lipinski definition) is 3. The van der Waals surface area contributed by atoms with Crippen LogP contribution in [-0.4, -0.2) is 17.1 Å². The molecule has 0 aliphatic rings. The molecule has 3 heteroatoms. The van der Waals surface area contributed by atoms with E-state index < -0.39 is 0 Å². The summed E-state index contributed by atoms with van der Waals surface area (Å²) in [7, 11) is 1.66. The number of rotatable bonds is 2. The lowest BCUT2D eigenvalue weighted by Crippen LogP contribution is -1.98. The lowest BCUT2D eigenvalue weighted by molar-refractivity contribution is 0.116. The first-order valence-corrected chi connectivity index (χ1v) is 3.13. The molecule has 0 aliphatic heterocycles. The zero-order valence-electron chi connectivity index (χ0n) is 6.11. The first-order chi connectivity index (χ1) is 4.84. The van der Waals surface area contributed by atoms with E-state index in [1.165, 1.54) is 6.33 Å². The van der Waals surface area contributed by atoms with Crippen LogP contribution in [0.3, 0.4) is 0 Å². The minimum Gasteiger partial charge on any atom is -0.375 e. The Hall–Kier alpha value is -0.960. The van der Waals surface area contributed by atoms with Crippen LogP contribution in [-0.2, 0) is 4.74 Å². The molecular weight excluding hydrogens is 128 g/mol. The van der Waals surface area contributed by atoms with Gasteiger partial charge in [-0.3, -0.25) is 0 Å². The molecule has 1 heterocycles. The van der Waals surface area contributed by atoms with Crippen molar-refractivity contribution >= 4 is 0 Å². The van der Waals surface area contributed by atoms with Gasteiger partial charge in [-0.25, -0.2) is 9.97 Å². The van der Waals surface area contributed by atoms with Crippen LogP contribution in [0.2, 0.25) is 0 Å². The summed E-state index contributed by atoms with van der Waals surface area (Å²) in [5, 5.41) is 0. The molecule has 0 saturated carbocycles. The zero-order chi connectivity index (χ0) is 7.40. The summed E-state index contributed by atoms with van der Waals surface area (Å²) in [6.45, 7) is 1.95. The van der Waals surface area contributed by atoms with E-state index in [2.05, 4.69) is 9.97 Å². The van der Waals surface area contributed by atoms with Crippen molar-refractivity contribution in [2.45, 2.75) is 13.0 Å². The van der Waals surface area contributed by atoms with Crippen molar-refractivity contribution in [1.29, 1.82) is 0 Å². The first-order valence-electron chi connectivity index (χ1n) is 3.13. The summed E-state index contributed by atoms with van der Waals surface area (Å²) >= 11 is 0. The van der Waals surface area contributed by atoms with Crippen LogP contribution in [0.1, 0.15) is 18.7 Å². The summed E-state index contributed by atoms with van der Waals surface area (Å²) in [4.78, 5) is 7.81. The van der Waals surface area contributed by atoms with Gasteiger partial charge in [0.1, 0.15) is 6.33 Å². The van der Waals surface area contributed by atoms with E-state index in [9.17, 15) is 0 Å². The first kappa shape index (κ1) is 7.15. The van der Waals surface area contributed by atoms with E-state index in [1.807, 2.05) is 13.0 Å². The second-order valence-corrected chi connectivity index (χ2v) is 2.01. The summed E-state index contributed by atoms with van der Waals surface area (Å²) in [5.74, 6) is 0. The van der Waals surface area contributed by atoms with Crippen LogP contribution in [0.4, 0.5) is 0 Å². The molecule has 0 saturated heterocycles. The van der Waals surface area contributed by atoms with Gasteiger partial charge >= 0.3 is 0 Å². The molecule has 10 heavy (non-hydrogen) atoms. The molecule has 0 aliphatic carbocycles. The predicted molar refractivity (Wildman–Crippen MR) is 37.5 cm³/mol. The number of hydrogen-bond donors (Lipinski definition) is 0. The highest BCUT2D eigenvalue weighted by molar-refractivity contribution is 5.00. The van der Waals surface area contributed by atoms with Crippen LogP contribution in [0.15, 0.2) is 18.6 Å². The van der Waals surface area contributed by atoms with Gasteiger partial charge in [0, 0.05) is 13.3 Å². The number of ether oxygens (including phenoxy) is 1. The van der Waals surface area contributed by atoms with E-state index in [0.717, 1.165) is 5.69 Å². The van der Waals surface area contributed by atoms with Crippen LogP contribution in [0.25, 0.3) is 0 Å². The average molecular weight is 138 g/mol. The van der Waals surface area contributed by atoms with E-state index in [1.54, 1.807) is 13.3 Å². The summed E-state index contributed by atoms with van der Waals surface area (Å²) in [6.07, 6.45) is 3.28. The molecule has 3 nitrogen and oxygen atoms in total. The van der Waals surface area contributed by atoms with Crippen molar-refractivity contribution in [1.82, 2.24) is 9.97 Å². The van der Waals surface area contributed by atoms with Gasteiger partial charge in [-0.1, -0.05) is 0 Å². The van der Waals surface area contributed by atoms with Crippen molar-refractivity contribution in [2.24, 2.45) is 0 Å². The Bertz CT molecular complexity index is 188. The molecule has 0 N–H and O–H groups in total. The molecule has 1 atom stereocenters. The lowest BCUT2D eigenvalue weighted by Gasteiger charge is -2.06. The monoisotopic (exact) mass is 138 g/mol. The van der Waals surface area contributed by atoms with Gasteiger partial charge in [0.25, 0.3) is 0 Å². The predicted octanol–water partition coefficient (Wildman–Crippen LogP) is 1.18. The third-order valence-electron chi connectivity index (χ3n) is 1.37. The Labute approximate surface area is 60.1 Å². The second-order valence-electron chi connectivity index (χ2n) is 2.01. The number of aromatic nitrogens is 2. The van der Waals surface area contributed by atoms with Crippen molar-refractivity contribution in [3.05, 3.63) is 24.3 Å². The van der Waals surface area contributed by atoms with Crippen molar-refractivity contribution in [2.75, 3.05) is 7.11 Å². The topological polar surface area (TPSA) is 35.0 Å². The highest BCUT2D eigenvalue weighted by Gasteiger charge is 2.01. The van der Waals surface area contributed by atoms with E-state index in [-0.39, 0.29) is 6.10 Å². The van der Waals surface area contributed by atoms with Crippen molar-refractivity contribution in [3.63, 3.8) is 0 Å². The molecule has 0 radical (unpaired) electrons. The molecule has 1 rings (SSSR count). The van der Waals surface area contributed by atoms with Crippen molar-refractivity contribution in [3.8, 4) is 0 Å². The highest BCUT2D eigenvalue weighted by atomic mass is 16.5. The third kappa shape index (κ3) is 1.51. The minimum absolute atomic E-state index is 0.0583. The molecule has 0 amide bonds. The Morgan fingerprint density at radius 3 is 2.90 bits per heavy atom. The fourth-order valence-corrected chi connectivity index (χ4v) is 0.662. The van der Waals surface area contributed by atoms with Crippen LogP contribution in [0, 0.1) is 0 Å². The second kappa shape index (κ2) is 3.27. The largest absolute Gasteiger partial charge is 0.375 e. The zero-order valence-corrected chi connectivity index (χ0v) is 6.11. The van der Waals surface area contributed by atoms with Gasteiger partial charge in [0.15, 0.2) is 0 Å². The molecule has 1 aromatic rings. The maximum absolute atomic E-state index is 5.05. The smallest absolute Gasteiger partial charge is 0.115 e. The van der Waals surface area contributed by atoms with Gasteiger partial charge in [-0.2, -0.15) is 0 Å². The normalized spacial score (nSPS) is 13.0. The van der Waals surface area contributed by atoms with Crippen molar-refractivity contribution < 1.29 is 4.74 Å². The van der Waals surface area contributed by atoms with Gasteiger partial charge < -0.3 is 4.74 Å². The van der Waals surface area contributed by atoms with Gasteiger partial charge in [0.05, 0.1) is 11.8 Å². The van der Waals surface area contributed by atoms with Gasteiger partial charge in [-0.15, -0.1) is 0 Å². The molecule has 0 bridgehead atoms. The molecule has 0 aromatic carbocycles. The molecule has 1 unspecified atom stereocenters. The lowest BCUT2D eigenvalue weighted by atomic mass is 10.3. The third-order valence-corrected chi connectivity index (χ3v) is 1.37. The molecule has 1 aromatic heterocycles. The maximum atomic E-state index is 5.05. The van der Waals surface area contributed by atoms with Gasteiger partial charge in [-0.05, 0) is 13.0 Å². The Kier molecular flexibility index (Phi) is 2.34. The van der Waals surface area contributed by atoms with Crippen LogP contribution >= 0.6 is 0 Å². The molecular formula is C7H10N2O. The van der Waals surface area contributed by atoms with Crippen LogP contribution < -0.4 is 0 Å². The summed E-state index contributed by atoms with van der Waals surface area (Å²) < 4.78 is 5.05. The summed E-state index contributed by atoms with van der Waals surface area (Å²) in [6, 6.07) is 1.84. The SMILES string of the molecule is COC(C)c1ccncn1. The Morgan fingerprint density at radius 1 is 1.60 bits per heavy atom. The highest BCUT2D eigenvalue weighted by Crippen LogP contribution is 2.09. The van der Waals surface area contributed by atoms with E-state index in [4.69, 9.17) is 4.74 Å². The number of nitrogens with zero attached hydrogens (tertiary/aromatic N) is 2. The average Bonchev–Trinajstić information content (AvgIpc) is 2.05. The van der Waals surface area contributed by atoms with Gasteiger partial charge in [0.2, 0.25) is 0 Å². The fourth-order valence-electron chi connectivity index (χ4n) is 0.662. The van der Waals surface area contributed by atoms with Crippen LogP contribution in [0.5, 0.6) is 0 Å². The Balaban J connectivity index is 2.75. The van der Waals surface area contributed by atoms with E-state index >= 15 is 0 Å². The molecule has 54 valence electrons. The summed E-state index contributed by atoms with van der Waals surface area (Å²) in [5.41, 5.74) is 0.914. The fraction of sp³-hybridized carbons (Fsp3) is 0.429. The number of methoxy groups -OCH3 is 1. The maximum Gasteiger partial charge on any atom is 0.115 e. The molecule has 0 spiro atoms. The standard InChI is InChI=1S/C7H10N2O/c1-6(10-2)7-3-4-8-5-9-7/h3-6H,1-2H3. The quantitative estimate of drug-likeness (QED) is 0.615. The minimum atomic E-state index is 0.0583. The van der Waals surface area contributed by atoms with E-state index in [0.29, 0.717) is 0 Å².